The zero-order chi connectivity index (χ0) is 20.4. The number of benzene rings is 1. The van der Waals surface area contributed by atoms with Crippen LogP contribution in [0.3, 0.4) is 0 Å². The Hall–Kier alpha value is -2.39. The molecule has 2 heterocycles. The minimum absolute atomic E-state index is 0.0875. The highest BCUT2D eigenvalue weighted by Gasteiger charge is 2.32. The predicted octanol–water partition coefficient (Wildman–Crippen LogP) is 2.82. The van der Waals surface area contributed by atoms with Crippen LogP contribution in [0.5, 0.6) is 5.88 Å². The van der Waals surface area contributed by atoms with Crippen LogP contribution in [-0.4, -0.2) is 26.6 Å². The standard InChI is InChI=1S/C20H25N5O3S/c1-20(2)10-25-18(28-11-20)16(9-22-25)29(21,27)24-19(26)23-17-14-5-3-4-12(14)8-13-6-7-15(13)17/h8-9H,3-7,10-11H2,1-2H3,(H3,21,23,24,26,27)/t29-/m0/s1. The Morgan fingerprint density at radius 3 is 2.79 bits per heavy atom. The van der Waals surface area contributed by atoms with E-state index in [9.17, 15) is 9.00 Å². The van der Waals surface area contributed by atoms with Crippen LogP contribution in [0.15, 0.2) is 21.5 Å². The van der Waals surface area contributed by atoms with Crippen molar-refractivity contribution < 1.29 is 13.7 Å². The van der Waals surface area contributed by atoms with Crippen LogP contribution in [0.4, 0.5) is 10.5 Å². The van der Waals surface area contributed by atoms with Crippen LogP contribution < -0.4 is 15.2 Å². The number of carbonyl (C=O) groups is 1. The molecule has 1 aromatic heterocycles. The topological polar surface area (TPSA) is 112 Å². The van der Waals surface area contributed by atoms with Crippen LogP contribution in [0, 0.1) is 5.41 Å². The quantitative estimate of drug-likeness (QED) is 0.785. The van der Waals surface area contributed by atoms with E-state index in [0.717, 1.165) is 37.8 Å². The molecule has 0 radical (unpaired) electrons. The van der Waals surface area contributed by atoms with Crippen molar-refractivity contribution in [2.75, 3.05) is 11.9 Å². The zero-order valence-electron chi connectivity index (χ0n) is 16.7. The molecule has 0 fully saturated rings. The van der Waals surface area contributed by atoms with Gasteiger partial charge in [0.05, 0.1) is 19.3 Å². The summed E-state index contributed by atoms with van der Waals surface area (Å²) in [5, 5.41) is 13.1. The number of urea groups is 1. The van der Waals surface area contributed by atoms with Gasteiger partial charge in [0, 0.05) is 11.1 Å². The van der Waals surface area contributed by atoms with Crippen LogP contribution >= 0.6 is 0 Å². The maximum Gasteiger partial charge on any atom is 0.354 e. The normalized spacial score (nSPS) is 20.4. The summed E-state index contributed by atoms with van der Waals surface area (Å²) in [6.07, 6.45) is 6.43. The SMILES string of the molecule is CC1(C)COc2c([S@@](N)(=O)=NC(=O)Nc3c4c(cc5c3CC5)CCC4)cnn2C1. The van der Waals surface area contributed by atoms with Gasteiger partial charge in [-0.3, -0.25) is 0 Å². The van der Waals surface area contributed by atoms with Crippen molar-refractivity contribution in [2.24, 2.45) is 14.9 Å². The molecule has 0 bridgehead atoms. The van der Waals surface area contributed by atoms with Gasteiger partial charge in [0.2, 0.25) is 5.88 Å². The Kier molecular flexibility index (Phi) is 4.05. The highest BCUT2D eigenvalue weighted by atomic mass is 32.2. The Labute approximate surface area is 170 Å². The molecule has 0 saturated heterocycles. The van der Waals surface area contributed by atoms with E-state index in [1.807, 2.05) is 0 Å². The first-order valence-electron chi connectivity index (χ1n) is 9.94. The first kappa shape index (κ1) is 18.6. The van der Waals surface area contributed by atoms with Gasteiger partial charge < -0.3 is 10.1 Å². The Morgan fingerprint density at radius 2 is 2.03 bits per heavy atom. The van der Waals surface area contributed by atoms with E-state index in [1.54, 1.807) is 4.68 Å². The predicted molar refractivity (Wildman–Crippen MR) is 109 cm³/mol. The molecule has 29 heavy (non-hydrogen) atoms. The van der Waals surface area contributed by atoms with Crippen molar-refractivity contribution in [3.63, 3.8) is 0 Å². The summed E-state index contributed by atoms with van der Waals surface area (Å²) in [6, 6.07) is 1.57. The molecule has 2 amide bonds. The van der Waals surface area contributed by atoms with Crippen molar-refractivity contribution in [1.82, 2.24) is 9.78 Å². The van der Waals surface area contributed by atoms with Crippen molar-refractivity contribution in [3.8, 4) is 5.88 Å². The fourth-order valence-electron chi connectivity index (χ4n) is 4.43. The number of nitrogens with one attached hydrogen (secondary N) is 1. The van der Waals surface area contributed by atoms with Crippen LogP contribution in [0.25, 0.3) is 0 Å². The molecule has 154 valence electrons. The largest absolute Gasteiger partial charge is 0.476 e. The molecule has 1 aromatic carbocycles. The molecule has 5 rings (SSSR count). The Balaban J connectivity index is 1.45. The number of aryl methyl sites for hydroxylation is 2. The molecule has 1 aliphatic heterocycles. The number of fused-ring (bicyclic) bond motifs is 3. The van der Waals surface area contributed by atoms with Crippen LogP contribution in [0.1, 0.15) is 42.5 Å². The highest BCUT2D eigenvalue weighted by molar-refractivity contribution is 7.91. The van der Waals surface area contributed by atoms with Gasteiger partial charge in [0.1, 0.15) is 4.90 Å². The Morgan fingerprint density at radius 1 is 1.28 bits per heavy atom. The van der Waals surface area contributed by atoms with Gasteiger partial charge in [-0.15, -0.1) is 4.36 Å². The van der Waals surface area contributed by atoms with Gasteiger partial charge >= 0.3 is 6.03 Å². The van der Waals surface area contributed by atoms with E-state index < -0.39 is 15.9 Å². The fourth-order valence-corrected chi connectivity index (χ4v) is 5.43. The third-order valence-electron chi connectivity index (χ3n) is 5.95. The summed E-state index contributed by atoms with van der Waals surface area (Å²) in [7, 11) is -3.48. The molecule has 3 aliphatic rings. The van der Waals surface area contributed by atoms with Crippen molar-refractivity contribution in [1.29, 1.82) is 0 Å². The number of carbonyl (C=O) groups excluding carboxylic acids is 1. The van der Waals surface area contributed by atoms with Gasteiger partial charge in [-0.05, 0) is 54.4 Å². The summed E-state index contributed by atoms with van der Waals surface area (Å²) in [4.78, 5) is 12.8. The first-order chi connectivity index (χ1) is 13.7. The maximum absolute atomic E-state index is 13.1. The number of ether oxygens (including phenoxy) is 1. The number of anilines is 1. The molecule has 2 aromatic rings. The van der Waals surface area contributed by atoms with Crippen LogP contribution in [0.2, 0.25) is 0 Å². The van der Waals surface area contributed by atoms with Crippen molar-refractivity contribution in [3.05, 3.63) is 34.5 Å². The molecular formula is C20H25N5O3S. The zero-order valence-corrected chi connectivity index (χ0v) is 17.5. The van der Waals surface area contributed by atoms with Gasteiger partial charge in [0.15, 0.2) is 9.92 Å². The number of nitrogens with two attached hydrogens (primary N) is 1. The summed E-state index contributed by atoms with van der Waals surface area (Å²) < 4.78 is 24.3. The number of hydrogen-bond acceptors (Lipinski definition) is 4. The molecule has 0 saturated carbocycles. The molecule has 0 unspecified atom stereocenters. The lowest BCUT2D eigenvalue weighted by atomic mass is 9.83. The summed E-state index contributed by atoms with van der Waals surface area (Å²) in [5.74, 6) is 0.332. The lowest BCUT2D eigenvalue weighted by Gasteiger charge is -2.30. The number of nitrogens with zero attached hydrogens (tertiary/aromatic N) is 3. The minimum atomic E-state index is -3.48. The third kappa shape index (κ3) is 3.12. The van der Waals surface area contributed by atoms with E-state index in [2.05, 4.69) is 34.7 Å². The number of hydrogen-bond donors (Lipinski definition) is 2. The van der Waals surface area contributed by atoms with E-state index in [4.69, 9.17) is 9.88 Å². The minimum Gasteiger partial charge on any atom is -0.476 e. The molecule has 0 spiro atoms. The number of rotatable bonds is 2. The number of aromatic nitrogens is 2. The second-order valence-electron chi connectivity index (χ2n) is 8.90. The van der Waals surface area contributed by atoms with Crippen molar-refractivity contribution in [2.45, 2.75) is 57.4 Å². The average molecular weight is 416 g/mol. The van der Waals surface area contributed by atoms with Gasteiger partial charge in [-0.1, -0.05) is 19.9 Å². The smallest absolute Gasteiger partial charge is 0.354 e. The summed E-state index contributed by atoms with van der Waals surface area (Å²) in [5.41, 5.74) is 5.70. The second-order valence-corrected chi connectivity index (χ2v) is 10.7. The van der Waals surface area contributed by atoms with E-state index in [0.29, 0.717) is 19.0 Å². The monoisotopic (exact) mass is 415 g/mol. The average Bonchev–Trinajstić information content (AvgIpc) is 3.22. The first-order valence-corrected chi connectivity index (χ1v) is 11.5. The van der Waals surface area contributed by atoms with E-state index in [1.165, 1.54) is 28.5 Å². The van der Waals surface area contributed by atoms with E-state index >= 15 is 0 Å². The molecule has 3 N–H and O–H groups in total. The van der Waals surface area contributed by atoms with Gasteiger partial charge in [-0.2, -0.15) is 5.10 Å². The van der Waals surface area contributed by atoms with Crippen LogP contribution in [-0.2, 0) is 42.1 Å². The lowest BCUT2D eigenvalue weighted by Crippen LogP contribution is -2.33. The second kappa shape index (κ2) is 6.30. The molecule has 9 heteroatoms. The molecule has 1 atom stereocenters. The molecular weight excluding hydrogens is 390 g/mol. The van der Waals surface area contributed by atoms with Crippen molar-refractivity contribution >= 4 is 21.6 Å². The maximum atomic E-state index is 13.1. The Bertz CT molecular complexity index is 1160. The molecule has 2 aliphatic carbocycles. The number of amides is 2. The third-order valence-corrected chi connectivity index (χ3v) is 7.29. The highest BCUT2D eigenvalue weighted by Crippen LogP contribution is 2.40. The fraction of sp³-hybridized carbons (Fsp3) is 0.500. The molecule has 8 nitrogen and oxygen atoms in total. The summed E-state index contributed by atoms with van der Waals surface area (Å²) in [6.45, 7) is 5.19. The lowest BCUT2D eigenvalue weighted by molar-refractivity contribution is 0.0972. The summed E-state index contributed by atoms with van der Waals surface area (Å²) >= 11 is 0. The van der Waals surface area contributed by atoms with Gasteiger partial charge in [-0.25, -0.2) is 18.8 Å². The van der Waals surface area contributed by atoms with Gasteiger partial charge in [0.25, 0.3) is 0 Å². The van der Waals surface area contributed by atoms with E-state index in [-0.39, 0.29) is 10.3 Å².